The summed E-state index contributed by atoms with van der Waals surface area (Å²) >= 11 is 0. The summed E-state index contributed by atoms with van der Waals surface area (Å²) in [6.45, 7) is 7.26. The molecule has 4 rings (SSSR count). The second-order valence-corrected chi connectivity index (χ2v) is 13.0. The normalized spacial score (nSPS) is 19.1. The minimum absolute atomic E-state index is 0.0473. The highest BCUT2D eigenvalue weighted by molar-refractivity contribution is 7.89. The predicted octanol–water partition coefficient (Wildman–Crippen LogP) is 3.32. The van der Waals surface area contributed by atoms with Gasteiger partial charge in [-0.05, 0) is 62.4 Å². The van der Waals surface area contributed by atoms with Gasteiger partial charge in [-0.15, -0.1) is 0 Å². The number of nitrogens with one attached hydrogen (secondary N) is 1. The molecule has 2 saturated heterocycles. The molecule has 2 fully saturated rings. The van der Waals surface area contributed by atoms with Crippen LogP contribution >= 0.6 is 0 Å². The number of amides is 2. The molecule has 2 aromatic carbocycles. The van der Waals surface area contributed by atoms with Crippen molar-refractivity contribution in [2.24, 2.45) is 0 Å². The number of hydrogen-bond acceptors (Lipinski definition) is 7. The van der Waals surface area contributed by atoms with Crippen LogP contribution in [0, 0.1) is 11.3 Å². The van der Waals surface area contributed by atoms with Gasteiger partial charge in [0, 0.05) is 32.7 Å². The first kappa shape index (κ1) is 29.5. The van der Waals surface area contributed by atoms with Crippen LogP contribution in [-0.2, 0) is 30.7 Å². The molecule has 2 aliphatic heterocycles. The molecule has 214 valence electrons. The molecule has 0 unspecified atom stereocenters. The number of hydrogen-bond donors (Lipinski definition) is 1. The number of carbonyl (C=O) groups is 2. The van der Waals surface area contributed by atoms with E-state index in [0.717, 1.165) is 23.1 Å². The molecule has 0 bridgehead atoms. The maximum Gasteiger partial charge on any atom is 0.410 e. The maximum absolute atomic E-state index is 13.0. The summed E-state index contributed by atoms with van der Waals surface area (Å²) in [5, 5.41) is 12.4. The Morgan fingerprint density at radius 3 is 2.23 bits per heavy atom. The fraction of sp³-hybridized carbons (Fsp3) is 0.483. The summed E-state index contributed by atoms with van der Waals surface area (Å²) in [4.78, 5) is 27.2. The SMILES string of the molecule is CC(C)(C)OC(=O)N1CCCO[C@H](C(=O)N[C@H](C#N)Cc2ccc(-c3ccc(S(=O)(=O)N4CCC4)cc3)cc2)C1. The standard InChI is InChI=1S/C29H36N4O6S/c1-29(2,3)39-28(35)32-14-5-17-38-26(20-32)27(34)31-24(19-30)18-21-6-8-22(9-7-21)23-10-12-25(13-11-23)40(36,37)33-15-4-16-33/h6-13,24,26H,4-5,14-18,20H2,1-3H3,(H,31,34)/t24-,26-/m0/s1. The van der Waals surface area contributed by atoms with Crippen LogP contribution in [0.2, 0.25) is 0 Å². The Labute approximate surface area is 235 Å². The lowest BCUT2D eigenvalue weighted by Gasteiger charge is -2.29. The Hall–Kier alpha value is -3.46. The van der Waals surface area contributed by atoms with Crippen LogP contribution < -0.4 is 5.32 Å². The zero-order chi connectivity index (χ0) is 28.9. The van der Waals surface area contributed by atoms with Crippen LogP contribution in [0.5, 0.6) is 0 Å². The lowest BCUT2D eigenvalue weighted by atomic mass is 10.0. The number of rotatable bonds is 7. The van der Waals surface area contributed by atoms with Crippen LogP contribution in [0.15, 0.2) is 53.4 Å². The minimum atomic E-state index is -3.43. The molecule has 0 saturated carbocycles. The van der Waals surface area contributed by atoms with Gasteiger partial charge in [-0.25, -0.2) is 13.2 Å². The van der Waals surface area contributed by atoms with Gasteiger partial charge in [0.1, 0.15) is 11.6 Å². The van der Waals surface area contributed by atoms with Crippen LogP contribution in [0.4, 0.5) is 4.79 Å². The zero-order valence-corrected chi connectivity index (χ0v) is 23.9. The van der Waals surface area contributed by atoms with Gasteiger partial charge >= 0.3 is 6.09 Å². The molecule has 11 heteroatoms. The van der Waals surface area contributed by atoms with Crippen molar-refractivity contribution >= 4 is 22.0 Å². The largest absolute Gasteiger partial charge is 0.444 e. The van der Waals surface area contributed by atoms with Crippen LogP contribution in [0.3, 0.4) is 0 Å². The van der Waals surface area contributed by atoms with E-state index in [1.165, 1.54) is 9.21 Å². The fourth-order valence-corrected chi connectivity index (χ4v) is 5.95. The second-order valence-electron chi connectivity index (χ2n) is 11.0. The highest BCUT2D eigenvalue weighted by atomic mass is 32.2. The van der Waals surface area contributed by atoms with E-state index >= 15 is 0 Å². The molecule has 0 radical (unpaired) electrons. The highest BCUT2D eigenvalue weighted by Crippen LogP contribution is 2.25. The third-order valence-corrected chi connectivity index (χ3v) is 8.64. The number of carbonyl (C=O) groups excluding carboxylic acids is 2. The summed E-state index contributed by atoms with van der Waals surface area (Å²) in [5.74, 6) is -0.452. The molecule has 0 aromatic heterocycles. The summed E-state index contributed by atoms with van der Waals surface area (Å²) < 4.78 is 37.7. The molecular weight excluding hydrogens is 532 g/mol. The third-order valence-electron chi connectivity index (χ3n) is 6.73. The van der Waals surface area contributed by atoms with Crippen molar-refractivity contribution in [3.63, 3.8) is 0 Å². The third kappa shape index (κ3) is 7.38. The van der Waals surface area contributed by atoms with Gasteiger partial charge in [0.05, 0.1) is 17.5 Å². The van der Waals surface area contributed by atoms with E-state index in [1.807, 2.05) is 24.3 Å². The Balaban J connectivity index is 1.35. The number of nitriles is 1. The van der Waals surface area contributed by atoms with Crippen molar-refractivity contribution in [2.75, 3.05) is 32.8 Å². The minimum Gasteiger partial charge on any atom is -0.444 e. The molecule has 2 atom stereocenters. The van der Waals surface area contributed by atoms with E-state index in [0.29, 0.717) is 32.7 Å². The predicted molar refractivity (Wildman–Crippen MR) is 149 cm³/mol. The van der Waals surface area contributed by atoms with E-state index < -0.39 is 39.8 Å². The quantitative estimate of drug-likeness (QED) is 0.542. The summed E-state index contributed by atoms with van der Waals surface area (Å²) in [6.07, 6.45) is 0.355. The van der Waals surface area contributed by atoms with Crippen molar-refractivity contribution in [1.29, 1.82) is 5.26 Å². The van der Waals surface area contributed by atoms with Gasteiger partial charge in [-0.3, -0.25) is 4.79 Å². The molecule has 2 heterocycles. The van der Waals surface area contributed by atoms with Crippen molar-refractivity contribution in [1.82, 2.24) is 14.5 Å². The first-order valence-electron chi connectivity index (χ1n) is 13.5. The Morgan fingerprint density at radius 2 is 1.68 bits per heavy atom. The number of ether oxygens (including phenoxy) is 2. The molecule has 40 heavy (non-hydrogen) atoms. The molecule has 0 spiro atoms. The van der Waals surface area contributed by atoms with Crippen LogP contribution in [-0.4, -0.2) is 80.2 Å². The first-order valence-corrected chi connectivity index (χ1v) is 14.9. The Kier molecular flexibility index (Phi) is 9.13. The van der Waals surface area contributed by atoms with Gasteiger partial charge in [0.2, 0.25) is 10.0 Å². The summed E-state index contributed by atoms with van der Waals surface area (Å²) in [7, 11) is -3.43. The summed E-state index contributed by atoms with van der Waals surface area (Å²) in [6, 6.07) is 15.7. The van der Waals surface area contributed by atoms with Crippen LogP contribution in [0.1, 0.15) is 39.2 Å². The topological polar surface area (TPSA) is 129 Å². The van der Waals surface area contributed by atoms with Crippen molar-refractivity contribution in [3.8, 4) is 17.2 Å². The monoisotopic (exact) mass is 568 g/mol. The van der Waals surface area contributed by atoms with E-state index in [2.05, 4.69) is 11.4 Å². The lowest BCUT2D eigenvalue weighted by Crippen LogP contribution is -2.48. The highest BCUT2D eigenvalue weighted by Gasteiger charge is 2.32. The van der Waals surface area contributed by atoms with E-state index in [1.54, 1.807) is 45.0 Å². The average molecular weight is 569 g/mol. The molecule has 2 aromatic rings. The molecule has 10 nitrogen and oxygen atoms in total. The van der Waals surface area contributed by atoms with Gasteiger partial charge in [0.15, 0.2) is 6.10 Å². The van der Waals surface area contributed by atoms with E-state index in [4.69, 9.17) is 9.47 Å². The molecular formula is C29H36N4O6S. The molecule has 2 amide bonds. The summed E-state index contributed by atoms with van der Waals surface area (Å²) in [5.41, 5.74) is 1.98. The van der Waals surface area contributed by atoms with Gasteiger partial charge in [0.25, 0.3) is 5.91 Å². The Morgan fingerprint density at radius 1 is 1.05 bits per heavy atom. The van der Waals surface area contributed by atoms with Gasteiger partial charge in [-0.2, -0.15) is 9.57 Å². The van der Waals surface area contributed by atoms with E-state index in [-0.39, 0.29) is 17.9 Å². The van der Waals surface area contributed by atoms with Gasteiger partial charge < -0.3 is 19.7 Å². The van der Waals surface area contributed by atoms with E-state index in [9.17, 15) is 23.3 Å². The molecule has 1 N–H and O–H groups in total. The van der Waals surface area contributed by atoms with Crippen molar-refractivity contribution in [3.05, 3.63) is 54.1 Å². The Bertz CT molecular complexity index is 1340. The van der Waals surface area contributed by atoms with Crippen molar-refractivity contribution in [2.45, 2.75) is 62.7 Å². The smallest absolute Gasteiger partial charge is 0.410 e. The van der Waals surface area contributed by atoms with Crippen molar-refractivity contribution < 1.29 is 27.5 Å². The number of sulfonamides is 1. The number of benzene rings is 2. The van der Waals surface area contributed by atoms with Crippen LogP contribution in [0.25, 0.3) is 11.1 Å². The maximum atomic E-state index is 13.0. The first-order chi connectivity index (χ1) is 19.0. The van der Waals surface area contributed by atoms with Gasteiger partial charge in [-0.1, -0.05) is 36.4 Å². The second kappa shape index (κ2) is 12.4. The lowest BCUT2D eigenvalue weighted by molar-refractivity contribution is -0.133. The average Bonchev–Trinajstić information content (AvgIpc) is 3.13. The zero-order valence-electron chi connectivity index (χ0n) is 23.1. The number of nitrogens with zero attached hydrogens (tertiary/aromatic N) is 3. The molecule has 0 aliphatic carbocycles. The molecule has 2 aliphatic rings. The fourth-order valence-electron chi connectivity index (χ4n) is 4.43.